The third-order valence-corrected chi connectivity index (χ3v) is 5.44. The number of amidine groups is 1. The molecule has 2 aromatic rings. The number of carbonyl (C=O) groups is 2. The van der Waals surface area contributed by atoms with Crippen LogP contribution in [0.15, 0.2) is 47.4 Å². The molecule has 32 heavy (non-hydrogen) atoms. The van der Waals surface area contributed by atoms with Crippen molar-refractivity contribution in [3.8, 4) is 5.75 Å². The minimum atomic E-state index is -3.80. The van der Waals surface area contributed by atoms with Crippen molar-refractivity contribution in [3.63, 3.8) is 0 Å². The zero-order valence-electron chi connectivity index (χ0n) is 16.5. The van der Waals surface area contributed by atoms with Gasteiger partial charge in [-0.05, 0) is 42.3 Å². The average molecular weight is 486 g/mol. The van der Waals surface area contributed by atoms with E-state index in [0.29, 0.717) is 11.1 Å². The Morgan fingerprint density at radius 2 is 1.72 bits per heavy atom. The highest BCUT2D eigenvalue weighted by Crippen LogP contribution is 2.21. The number of nitrogens with one attached hydrogen (secondary N) is 2. The molecule has 0 amide bonds. The first-order valence-electron chi connectivity index (χ1n) is 8.83. The van der Waals surface area contributed by atoms with Crippen molar-refractivity contribution in [2.75, 3.05) is 13.2 Å². The van der Waals surface area contributed by atoms with Gasteiger partial charge in [0.1, 0.15) is 12.4 Å². The van der Waals surface area contributed by atoms with Crippen molar-refractivity contribution < 1.29 is 38.0 Å². The van der Waals surface area contributed by atoms with Crippen molar-refractivity contribution in [3.05, 3.63) is 59.2 Å². The zero-order chi connectivity index (χ0) is 23.0. The van der Waals surface area contributed by atoms with Crippen LogP contribution in [-0.4, -0.2) is 39.3 Å². The van der Waals surface area contributed by atoms with Crippen LogP contribution in [-0.2, 0) is 37.3 Å². The Bertz CT molecular complexity index is 1070. The second-order valence-electron chi connectivity index (χ2n) is 6.29. The lowest BCUT2D eigenvalue weighted by molar-refractivity contribution is -0.323. The monoisotopic (exact) mass is 485 g/mol. The maximum Gasteiger partial charge on any atom is 0.240 e. The van der Waals surface area contributed by atoms with E-state index >= 15 is 0 Å². The van der Waals surface area contributed by atoms with Crippen LogP contribution in [0.4, 0.5) is 0 Å². The van der Waals surface area contributed by atoms with E-state index in [9.17, 15) is 28.2 Å². The smallest absolute Gasteiger partial charge is 0.240 e. The molecule has 0 aliphatic rings. The van der Waals surface area contributed by atoms with E-state index in [1.54, 1.807) is 6.07 Å². The minimum absolute atomic E-state index is 0. The molecule has 4 N–H and O–H groups in total. The van der Waals surface area contributed by atoms with E-state index in [2.05, 4.69) is 9.61 Å². The van der Waals surface area contributed by atoms with Crippen LogP contribution in [0.2, 0.25) is 0 Å². The van der Waals surface area contributed by atoms with Crippen LogP contribution in [0.3, 0.4) is 0 Å². The Kier molecular flexibility index (Phi) is 10.1. The lowest BCUT2D eigenvalue weighted by Crippen LogP contribution is -2.28. The summed E-state index contributed by atoms with van der Waals surface area (Å²) in [5.74, 6) is -3.10. The fourth-order valence-corrected chi connectivity index (χ4v) is 3.56. The Morgan fingerprint density at radius 1 is 1.06 bits per heavy atom. The first-order valence-corrected chi connectivity index (χ1v) is 10.3. The number of halogens is 1. The number of rotatable bonds is 12. The molecule has 0 atom stereocenters. The number of nitrogens with two attached hydrogens (primary N) is 1. The predicted molar refractivity (Wildman–Crippen MR) is 110 cm³/mol. The van der Waals surface area contributed by atoms with Crippen molar-refractivity contribution in [2.45, 2.75) is 17.7 Å². The Balaban J connectivity index is 0.00000512. The van der Waals surface area contributed by atoms with Gasteiger partial charge in [-0.2, -0.15) is 4.89 Å². The fourth-order valence-electron chi connectivity index (χ4n) is 2.53. The van der Waals surface area contributed by atoms with E-state index < -0.39 is 35.0 Å². The molecule has 2 rings (SSSR count). The number of hydrogen-bond acceptors (Lipinski definition) is 9. The number of carboxylic acid groups (broad SMARTS) is 2. The van der Waals surface area contributed by atoms with Gasteiger partial charge in [0, 0.05) is 30.1 Å². The van der Waals surface area contributed by atoms with Gasteiger partial charge in [-0.1, -0.05) is 12.1 Å². The molecule has 0 spiro atoms. The molecule has 0 radical (unpaired) electrons. The normalized spacial score (nSPS) is 10.8. The van der Waals surface area contributed by atoms with Crippen LogP contribution in [0.25, 0.3) is 0 Å². The minimum Gasteiger partial charge on any atom is -0.550 e. The zero-order valence-corrected chi connectivity index (χ0v) is 18.2. The molecule has 0 heterocycles. The van der Waals surface area contributed by atoms with E-state index in [0.717, 1.165) is 0 Å². The molecule has 13 heteroatoms. The topological polar surface area (TPSA) is 195 Å². The molecule has 11 nitrogen and oxygen atoms in total. The van der Waals surface area contributed by atoms with Crippen molar-refractivity contribution in [2.24, 2.45) is 5.73 Å². The van der Waals surface area contributed by atoms with Gasteiger partial charge in [0.25, 0.3) is 0 Å². The van der Waals surface area contributed by atoms with Crippen molar-refractivity contribution in [1.29, 1.82) is 5.41 Å². The third kappa shape index (κ3) is 8.15. The van der Waals surface area contributed by atoms with Crippen LogP contribution < -0.4 is 25.6 Å². The summed E-state index contributed by atoms with van der Waals surface area (Å²) in [6.07, 6.45) is -0.295. The number of sulfonamides is 1. The Labute approximate surface area is 190 Å². The summed E-state index contributed by atoms with van der Waals surface area (Å²) < 4.78 is 27.2. The Hall–Kier alpha value is -3.19. The van der Waals surface area contributed by atoms with E-state index in [1.165, 1.54) is 36.4 Å². The van der Waals surface area contributed by atoms with Gasteiger partial charge < -0.3 is 30.4 Å². The summed E-state index contributed by atoms with van der Waals surface area (Å²) in [5, 5.41) is 28.6. The van der Waals surface area contributed by atoms with E-state index in [4.69, 9.17) is 16.0 Å². The molecule has 0 saturated heterocycles. The average Bonchev–Trinajstić information content (AvgIpc) is 2.69. The summed E-state index contributed by atoms with van der Waals surface area (Å²) in [6.45, 7) is -0.829. The molecular formula is C19H20ClN3O8S-2. The second-order valence-corrected chi connectivity index (χ2v) is 8.06. The van der Waals surface area contributed by atoms with Crippen LogP contribution in [0, 0.1) is 5.41 Å². The third-order valence-electron chi connectivity index (χ3n) is 3.97. The number of benzene rings is 2. The first kappa shape index (κ1) is 26.8. The SMILES string of the molecule is Cl.N=C(N)c1ccc(S(=O)(=O)NCCc2ccc(OOCC(=O)[O-])c(CC(=O)[O-])c2)cc1. The Morgan fingerprint density at radius 3 is 2.28 bits per heavy atom. The summed E-state index contributed by atoms with van der Waals surface area (Å²) in [6, 6.07) is 9.88. The number of aliphatic carboxylic acids is 2. The highest BCUT2D eigenvalue weighted by Gasteiger charge is 2.14. The van der Waals surface area contributed by atoms with Gasteiger partial charge in [0.05, 0.1) is 10.9 Å². The van der Waals surface area contributed by atoms with Gasteiger partial charge in [-0.25, -0.2) is 13.1 Å². The molecule has 0 aliphatic carbocycles. The van der Waals surface area contributed by atoms with E-state index in [1.807, 2.05) is 0 Å². The highest BCUT2D eigenvalue weighted by molar-refractivity contribution is 7.89. The summed E-state index contributed by atoms with van der Waals surface area (Å²) in [5.41, 5.74) is 6.50. The van der Waals surface area contributed by atoms with Gasteiger partial charge in [0.15, 0.2) is 5.75 Å². The van der Waals surface area contributed by atoms with Gasteiger partial charge in [-0.3, -0.25) is 5.41 Å². The molecule has 0 aromatic heterocycles. The molecule has 0 saturated carbocycles. The quantitative estimate of drug-likeness (QED) is 0.135. The van der Waals surface area contributed by atoms with Crippen LogP contribution in [0.5, 0.6) is 5.75 Å². The standard InChI is InChI=1S/C19H21N3O8S.ClH/c20-19(21)13-2-4-15(5-3-13)31(27,28)22-8-7-12-1-6-16(30-29-11-18(25)26)14(9-12)10-17(23)24;/h1-6,9,22H,7-8,10-11H2,(H3,20,21)(H,23,24)(H,25,26);1H/p-2. The summed E-state index contributed by atoms with van der Waals surface area (Å²) in [7, 11) is -3.80. The lowest BCUT2D eigenvalue weighted by Gasteiger charge is -2.13. The molecule has 0 fully saturated rings. The van der Waals surface area contributed by atoms with Crippen molar-refractivity contribution in [1.82, 2.24) is 4.72 Å². The molecular weight excluding hydrogens is 466 g/mol. The largest absolute Gasteiger partial charge is 0.550 e. The number of hydrogen-bond donors (Lipinski definition) is 3. The van der Waals surface area contributed by atoms with Gasteiger partial charge in [0.2, 0.25) is 10.0 Å². The first-order chi connectivity index (χ1) is 14.6. The predicted octanol–water partition coefficient (Wildman–Crippen LogP) is -1.73. The fraction of sp³-hybridized carbons (Fsp3) is 0.211. The number of nitrogen functional groups attached to an aromatic ring is 1. The summed E-state index contributed by atoms with van der Waals surface area (Å²) >= 11 is 0. The number of carboxylic acids is 2. The molecule has 0 unspecified atom stereocenters. The lowest BCUT2D eigenvalue weighted by atomic mass is 10.0. The van der Waals surface area contributed by atoms with E-state index in [-0.39, 0.29) is 47.4 Å². The highest BCUT2D eigenvalue weighted by atomic mass is 35.5. The van der Waals surface area contributed by atoms with Gasteiger partial charge >= 0.3 is 0 Å². The van der Waals surface area contributed by atoms with Crippen LogP contribution >= 0.6 is 12.4 Å². The maximum atomic E-state index is 12.4. The van der Waals surface area contributed by atoms with Crippen molar-refractivity contribution >= 4 is 40.2 Å². The maximum absolute atomic E-state index is 12.4. The molecule has 2 aromatic carbocycles. The number of carbonyl (C=O) groups excluding carboxylic acids is 2. The molecule has 0 bridgehead atoms. The molecule has 174 valence electrons. The molecule has 0 aliphatic heterocycles. The second kappa shape index (κ2) is 12.0. The van der Waals surface area contributed by atoms with Crippen LogP contribution in [0.1, 0.15) is 16.7 Å². The van der Waals surface area contributed by atoms with Gasteiger partial charge in [-0.15, -0.1) is 12.4 Å². The summed E-state index contributed by atoms with van der Waals surface area (Å²) in [4.78, 5) is 30.6.